The van der Waals surface area contributed by atoms with E-state index in [0.29, 0.717) is 15.2 Å². The first-order valence-electron chi connectivity index (χ1n) is 5.15. The van der Waals surface area contributed by atoms with Crippen molar-refractivity contribution in [3.63, 3.8) is 0 Å². The van der Waals surface area contributed by atoms with Gasteiger partial charge >= 0.3 is 0 Å². The molecule has 0 amide bonds. The molecule has 2 atom stereocenters. The molecule has 1 aromatic carbocycles. The number of hydrogen-bond donors (Lipinski definition) is 0. The minimum Gasteiger partial charge on any atom is -0.206 e. The molecule has 15 heavy (non-hydrogen) atoms. The molecule has 0 aliphatic rings. The molecule has 3 heteroatoms. The van der Waals surface area contributed by atoms with E-state index in [1.807, 2.05) is 12.1 Å². The van der Waals surface area contributed by atoms with E-state index in [1.54, 1.807) is 0 Å². The molecule has 0 aromatic heterocycles. The number of rotatable bonds is 4. The van der Waals surface area contributed by atoms with Crippen LogP contribution in [0, 0.1) is 11.7 Å². The Morgan fingerprint density at radius 1 is 1.40 bits per heavy atom. The zero-order valence-electron chi connectivity index (χ0n) is 8.93. The van der Waals surface area contributed by atoms with Crippen molar-refractivity contribution in [1.29, 1.82) is 0 Å². The minimum absolute atomic E-state index is 0.207. The van der Waals surface area contributed by atoms with Crippen LogP contribution in [0.25, 0.3) is 0 Å². The summed E-state index contributed by atoms with van der Waals surface area (Å²) in [5.74, 6) is 0.356. The second kappa shape index (κ2) is 6.00. The Morgan fingerprint density at radius 2 is 2.07 bits per heavy atom. The highest BCUT2D eigenvalue weighted by atomic mass is 79.9. The first kappa shape index (κ1) is 13.2. The molecule has 0 saturated heterocycles. The summed E-state index contributed by atoms with van der Waals surface area (Å²) in [6.07, 6.45) is 2.34. The molecule has 84 valence electrons. The molecule has 0 N–H and O–H groups in total. The fraction of sp³-hybridized carbons (Fsp3) is 0.500. The van der Waals surface area contributed by atoms with E-state index in [9.17, 15) is 4.39 Å². The quantitative estimate of drug-likeness (QED) is 0.640. The first-order chi connectivity index (χ1) is 7.06. The van der Waals surface area contributed by atoms with Crippen molar-refractivity contribution in [2.45, 2.75) is 31.5 Å². The normalized spacial score (nSPS) is 15.0. The van der Waals surface area contributed by atoms with Gasteiger partial charge in [-0.15, -0.1) is 0 Å². The van der Waals surface area contributed by atoms with Gasteiger partial charge in [-0.3, -0.25) is 0 Å². The molecule has 0 saturated carbocycles. The van der Waals surface area contributed by atoms with Gasteiger partial charge in [-0.1, -0.05) is 42.3 Å². The van der Waals surface area contributed by atoms with E-state index in [-0.39, 0.29) is 5.82 Å². The number of benzene rings is 1. The Bertz CT molecular complexity index is 325. The second-order valence-electron chi connectivity index (χ2n) is 3.84. The molecule has 0 nitrogen and oxygen atoms in total. The summed E-state index contributed by atoms with van der Waals surface area (Å²) in [5.41, 5.74) is 1.13. The fourth-order valence-corrected chi connectivity index (χ4v) is 2.56. The average molecular weight is 338 g/mol. The number of halogens is 3. The molecular formula is C12H15Br2F. The van der Waals surface area contributed by atoms with Crippen LogP contribution < -0.4 is 0 Å². The number of hydrogen-bond acceptors (Lipinski definition) is 0. The number of alkyl halides is 1. The van der Waals surface area contributed by atoms with Crippen LogP contribution in [0.5, 0.6) is 0 Å². The Morgan fingerprint density at radius 3 is 2.60 bits per heavy atom. The van der Waals surface area contributed by atoms with Gasteiger partial charge in [0.15, 0.2) is 0 Å². The van der Waals surface area contributed by atoms with E-state index in [2.05, 4.69) is 45.7 Å². The SMILES string of the molecule is CCCC(C)C(Br)c1ccc(F)c(Br)c1. The van der Waals surface area contributed by atoms with Crippen molar-refractivity contribution in [3.05, 3.63) is 34.1 Å². The Balaban J connectivity index is 2.81. The van der Waals surface area contributed by atoms with Crippen molar-refractivity contribution in [2.75, 3.05) is 0 Å². The zero-order chi connectivity index (χ0) is 11.4. The van der Waals surface area contributed by atoms with Crippen LogP contribution in [0.2, 0.25) is 0 Å². The summed E-state index contributed by atoms with van der Waals surface area (Å²) in [6.45, 7) is 4.39. The highest BCUT2D eigenvalue weighted by Crippen LogP contribution is 2.35. The van der Waals surface area contributed by atoms with Gasteiger partial charge in [-0.05, 0) is 46.0 Å². The molecule has 0 radical (unpaired) electrons. The van der Waals surface area contributed by atoms with Crippen molar-refractivity contribution >= 4 is 31.9 Å². The maximum absolute atomic E-state index is 13.0. The van der Waals surface area contributed by atoms with Crippen molar-refractivity contribution in [3.8, 4) is 0 Å². The molecule has 0 spiro atoms. The summed E-state index contributed by atoms with van der Waals surface area (Å²) in [7, 11) is 0. The lowest BCUT2D eigenvalue weighted by molar-refractivity contribution is 0.517. The molecule has 2 unspecified atom stereocenters. The average Bonchev–Trinajstić information content (AvgIpc) is 2.21. The highest BCUT2D eigenvalue weighted by Gasteiger charge is 2.16. The molecule has 0 aliphatic heterocycles. The maximum Gasteiger partial charge on any atom is 0.137 e. The minimum atomic E-state index is -0.207. The highest BCUT2D eigenvalue weighted by molar-refractivity contribution is 9.10. The van der Waals surface area contributed by atoms with Crippen molar-refractivity contribution in [1.82, 2.24) is 0 Å². The first-order valence-corrected chi connectivity index (χ1v) is 6.86. The van der Waals surface area contributed by atoms with E-state index in [0.717, 1.165) is 5.56 Å². The van der Waals surface area contributed by atoms with Gasteiger partial charge < -0.3 is 0 Å². The van der Waals surface area contributed by atoms with E-state index >= 15 is 0 Å². The van der Waals surface area contributed by atoms with E-state index < -0.39 is 0 Å². The van der Waals surface area contributed by atoms with Gasteiger partial charge in [0.2, 0.25) is 0 Å². The predicted octanol–water partition coefficient (Wildman–Crippen LogP) is 5.46. The van der Waals surface area contributed by atoms with Gasteiger partial charge in [-0.2, -0.15) is 0 Å². The lowest BCUT2D eigenvalue weighted by Crippen LogP contribution is -2.03. The fourth-order valence-electron chi connectivity index (χ4n) is 1.61. The summed E-state index contributed by atoms with van der Waals surface area (Å²) < 4.78 is 13.6. The van der Waals surface area contributed by atoms with E-state index in [4.69, 9.17) is 0 Å². The third kappa shape index (κ3) is 3.56. The molecule has 0 aliphatic carbocycles. The summed E-state index contributed by atoms with van der Waals surface area (Å²) >= 11 is 6.87. The van der Waals surface area contributed by atoms with E-state index in [1.165, 1.54) is 18.9 Å². The molecule has 0 bridgehead atoms. The molecule has 1 aromatic rings. The predicted molar refractivity (Wildman–Crippen MR) is 69.8 cm³/mol. The van der Waals surface area contributed by atoms with Crippen LogP contribution in [0.3, 0.4) is 0 Å². The molecule has 1 rings (SSSR count). The van der Waals surface area contributed by atoms with Crippen molar-refractivity contribution < 1.29 is 4.39 Å². The third-order valence-corrected chi connectivity index (χ3v) is 4.54. The van der Waals surface area contributed by atoms with Crippen LogP contribution in [0.4, 0.5) is 4.39 Å². The van der Waals surface area contributed by atoms with Crippen LogP contribution in [-0.4, -0.2) is 0 Å². The lowest BCUT2D eigenvalue weighted by Gasteiger charge is -2.18. The summed E-state index contributed by atoms with van der Waals surface area (Å²) in [4.78, 5) is 0.300. The Kier molecular flexibility index (Phi) is 5.27. The summed E-state index contributed by atoms with van der Waals surface area (Å²) in [5, 5.41) is 0. The zero-order valence-corrected chi connectivity index (χ0v) is 12.1. The smallest absolute Gasteiger partial charge is 0.137 e. The standard InChI is InChI=1S/C12H15Br2F/c1-3-4-8(2)12(14)9-5-6-11(15)10(13)7-9/h5-8,12H,3-4H2,1-2H3. The van der Waals surface area contributed by atoms with Crippen LogP contribution in [0.1, 0.15) is 37.1 Å². The van der Waals surface area contributed by atoms with Crippen LogP contribution in [0.15, 0.2) is 22.7 Å². The second-order valence-corrected chi connectivity index (χ2v) is 5.68. The molecular weight excluding hydrogens is 323 g/mol. The van der Waals surface area contributed by atoms with Crippen molar-refractivity contribution in [2.24, 2.45) is 5.92 Å². The maximum atomic E-state index is 13.0. The van der Waals surface area contributed by atoms with Gasteiger partial charge in [-0.25, -0.2) is 4.39 Å². The Hall–Kier alpha value is 0.110. The van der Waals surface area contributed by atoms with Crippen LogP contribution >= 0.6 is 31.9 Å². The van der Waals surface area contributed by atoms with Crippen LogP contribution in [-0.2, 0) is 0 Å². The molecule has 0 heterocycles. The lowest BCUT2D eigenvalue weighted by atomic mass is 9.97. The monoisotopic (exact) mass is 336 g/mol. The largest absolute Gasteiger partial charge is 0.206 e. The molecule has 0 fully saturated rings. The topological polar surface area (TPSA) is 0 Å². The third-order valence-electron chi connectivity index (χ3n) is 2.51. The van der Waals surface area contributed by atoms with Gasteiger partial charge in [0.05, 0.1) is 4.47 Å². The Labute approximate surface area is 108 Å². The van der Waals surface area contributed by atoms with Gasteiger partial charge in [0, 0.05) is 4.83 Å². The summed E-state index contributed by atoms with van der Waals surface area (Å²) in [6, 6.07) is 5.19. The van der Waals surface area contributed by atoms with Gasteiger partial charge in [0.25, 0.3) is 0 Å². The van der Waals surface area contributed by atoms with Gasteiger partial charge in [0.1, 0.15) is 5.82 Å².